The van der Waals surface area contributed by atoms with Gasteiger partial charge < -0.3 is 10.0 Å². The minimum absolute atomic E-state index is 0.00397. The zero-order valence-electron chi connectivity index (χ0n) is 16.6. The standard InChI is InChI=1S/C21H17FN4O4S/c1-25(31(2,29)30)19-15-4-3-7-24-18(15)20(27)17-16(19)11-26(21(17)28)10-12-5-6-14(22)8-13(12)9-23/h3-8,27H,10-11H2,1-2H3. The quantitative estimate of drug-likeness (QED) is 0.667. The Morgan fingerprint density at radius 3 is 2.77 bits per heavy atom. The maximum Gasteiger partial charge on any atom is 0.258 e. The van der Waals surface area contributed by atoms with Gasteiger partial charge in [0.05, 0.1) is 29.1 Å². The molecule has 0 atom stereocenters. The summed E-state index contributed by atoms with van der Waals surface area (Å²) in [5.41, 5.74) is 1.21. The molecule has 31 heavy (non-hydrogen) atoms. The number of benzene rings is 2. The van der Waals surface area contributed by atoms with Crippen molar-refractivity contribution in [2.75, 3.05) is 17.6 Å². The maximum atomic E-state index is 13.5. The molecule has 0 fully saturated rings. The normalized spacial score (nSPS) is 13.4. The van der Waals surface area contributed by atoms with Crippen molar-refractivity contribution in [3.05, 3.63) is 64.6 Å². The molecule has 1 aromatic heterocycles. The summed E-state index contributed by atoms with van der Waals surface area (Å²) in [6.45, 7) is -0.00801. The molecule has 10 heteroatoms. The minimum Gasteiger partial charge on any atom is -0.505 e. The minimum atomic E-state index is -3.68. The van der Waals surface area contributed by atoms with Crippen LogP contribution in [0.4, 0.5) is 10.1 Å². The number of aromatic hydroxyl groups is 1. The summed E-state index contributed by atoms with van der Waals surface area (Å²) in [6.07, 6.45) is 2.48. The summed E-state index contributed by atoms with van der Waals surface area (Å²) in [7, 11) is -2.31. The number of hydrogen-bond donors (Lipinski definition) is 1. The van der Waals surface area contributed by atoms with E-state index in [1.165, 1.54) is 30.3 Å². The number of phenols is 1. The van der Waals surface area contributed by atoms with Gasteiger partial charge in [-0.1, -0.05) is 6.07 Å². The van der Waals surface area contributed by atoms with Crippen LogP contribution in [-0.4, -0.2) is 42.6 Å². The van der Waals surface area contributed by atoms with Crippen LogP contribution >= 0.6 is 0 Å². The highest BCUT2D eigenvalue weighted by Gasteiger charge is 2.37. The van der Waals surface area contributed by atoms with Crippen LogP contribution in [0.25, 0.3) is 10.9 Å². The van der Waals surface area contributed by atoms with E-state index in [1.54, 1.807) is 12.1 Å². The Balaban J connectivity index is 1.89. The molecule has 1 N–H and O–H groups in total. The molecule has 2 heterocycles. The number of carbonyl (C=O) groups excluding carboxylic acids is 1. The molecule has 1 aliphatic rings. The van der Waals surface area contributed by atoms with E-state index < -0.39 is 21.7 Å². The monoisotopic (exact) mass is 440 g/mol. The number of halogens is 1. The molecule has 0 saturated carbocycles. The first-order chi connectivity index (χ1) is 14.6. The average Bonchev–Trinajstić information content (AvgIpc) is 3.04. The zero-order chi connectivity index (χ0) is 22.5. The molecule has 1 amide bonds. The number of sulfonamides is 1. The number of pyridine rings is 1. The molecule has 0 saturated heterocycles. The number of phenolic OH excluding ortho intramolecular Hbond substituents is 1. The Bertz CT molecular complexity index is 1400. The second-order valence-corrected chi connectivity index (χ2v) is 9.27. The number of carbonyl (C=O) groups is 1. The SMILES string of the molecule is CN(c1c2c(c(O)c3ncccc13)C(=O)N(Cc1ccc(F)cc1C#N)C2)S(C)(=O)=O. The Labute approximate surface area is 177 Å². The van der Waals surface area contributed by atoms with Crippen molar-refractivity contribution in [2.45, 2.75) is 13.1 Å². The lowest BCUT2D eigenvalue weighted by Crippen LogP contribution is -2.26. The molecule has 2 aromatic carbocycles. The molecule has 8 nitrogen and oxygen atoms in total. The Kier molecular flexibility index (Phi) is 4.78. The van der Waals surface area contributed by atoms with E-state index in [0.29, 0.717) is 16.5 Å². The highest BCUT2D eigenvalue weighted by atomic mass is 32.2. The number of nitrogens with zero attached hydrogens (tertiary/aromatic N) is 4. The average molecular weight is 440 g/mol. The molecule has 1 aliphatic heterocycles. The number of fused-ring (bicyclic) bond motifs is 2. The summed E-state index contributed by atoms with van der Waals surface area (Å²) in [5.74, 6) is -1.43. The number of anilines is 1. The van der Waals surface area contributed by atoms with Crippen LogP contribution in [0, 0.1) is 17.1 Å². The van der Waals surface area contributed by atoms with E-state index in [4.69, 9.17) is 0 Å². The topological polar surface area (TPSA) is 115 Å². The van der Waals surface area contributed by atoms with Crippen LogP contribution in [0.15, 0.2) is 36.5 Å². The third kappa shape index (κ3) is 3.33. The molecular weight excluding hydrogens is 423 g/mol. The molecular formula is C21H17FN4O4S. The lowest BCUT2D eigenvalue weighted by atomic mass is 10.0. The molecule has 0 bridgehead atoms. The first-order valence-corrected chi connectivity index (χ1v) is 11.0. The molecule has 3 aromatic rings. The predicted molar refractivity (Wildman–Crippen MR) is 111 cm³/mol. The van der Waals surface area contributed by atoms with Crippen molar-refractivity contribution < 1.29 is 22.7 Å². The van der Waals surface area contributed by atoms with Crippen molar-refractivity contribution in [1.82, 2.24) is 9.88 Å². The molecule has 0 spiro atoms. The lowest BCUT2D eigenvalue weighted by Gasteiger charge is -2.22. The van der Waals surface area contributed by atoms with Crippen LogP contribution in [0.5, 0.6) is 5.75 Å². The van der Waals surface area contributed by atoms with Gasteiger partial charge in [0.15, 0.2) is 5.75 Å². The van der Waals surface area contributed by atoms with Gasteiger partial charge >= 0.3 is 0 Å². The van der Waals surface area contributed by atoms with Crippen molar-refractivity contribution in [1.29, 1.82) is 5.26 Å². The van der Waals surface area contributed by atoms with Gasteiger partial charge in [0.1, 0.15) is 11.3 Å². The van der Waals surface area contributed by atoms with Crippen LogP contribution in [0.3, 0.4) is 0 Å². The number of rotatable bonds is 4. The van der Waals surface area contributed by atoms with Crippen LogP contribution < -0.4 is 4.31 Å². The Morgan fingerprint density at radius 1 is 1.35 bits per heavy atom. The molecule has 0 radical (unpaired) electrons. The summed E-state index contributed by atoms with van der Waals surface area (Å²) >= 11 is 0. The highest BCUT2D eigenvalue weighted by Crippen LogP contribution is 2.44. The van der Waals surface area contributed by atoms with E-state index >= 15 is 0 Å². The molecule has 0 unspecified atom stereocenters. The van der Waals surface area contributed by atoms with Gasteiger partial charge in [-0.2, -0.15) is 5.26 Å². The van der Waals surface area contributed by atoms with Crippen molar-refractivity contribution in [2.24, 2.45) is 0 Å². The van der Waals surface area contributed by atoms with Gasteiger partial charge in [0.2, 0.25) is 10.0 Å². The van der Waals surface area contributed by atoms with Gasteiger partial charge in [-0.15, -0.1) is 0 Å². The van der Waals surface area contributed by atoms with Crippen LogP contribution in [0.1, 0.15) is 27.0 Å². The number of nitriles is 1. The van der Waals surface area contributed by atoms with Gasteiger partial charge in [-0.25, -0.2) is 12.8 Å². The summed E-state index contributed by atoms with van der Waals surface area (Å²) < 4.78 is 39.1. The summed E-state index contributed by atoms with van der Waals surface area (Å²) in [4.78, 5) is 18.7. The number of aromatic nitrogens is 1. The molecule has 0 aliphatic carbocycles. The van der Waals surface area contributed by atoms with E-state index in [0.717, 1.165) is 16.6 Å². The number of amides is 1. The van der Waals surface area contributed by atoms with Gasteiger partial charge in [0, 0.05) is 37.3 Å². The second kappa shape index (κ2) is 7.21. The van der Waals surface area contributed by atoms with Gasteiger partial charge in [0.25, 0.3) is 5.91 Å². The number of hydrogen-bond acceptors (Lipinski definition) is 6. The van der Waals surface area contributed by atoms with Gasteiger partial charge in [-0.3, -0.25) is 14.1 Å². The van der Waals surface area contributed by atoms with Crippen LogP contribution in [0.2, 0.25) is 0 Å². The first-order valence-electron chi connectivity index (χ1n) is 9.17. The van der Waals surface area contributed by atoms with Crippen molar-refractivity contribution in [3.8, 4) is 11.8 Å². The largest absolute Gasteiger partial charge is 0.505 e. The van der Waals surface area contributed by atoms with Gasteiger partial charge in [-0.05, 0) is 29.8 Å². The third-order valence-corrected chi connectivity index (χ3v) is 6.51. The Hall–Kier alpha value is -3.71. The lowest BCUT2D eigenvalue weighted by molar-refractivity contribution is 0.0764. The van der Waals surface area contributed by atoms with E-state index in [1.807, 2.05) is 6.07 Å². The fourth-order valence-corrected chi connectivity index (χ4v) is 4.32. The molecule has 158 valence electrons. The van der Waals surface area contributed by atoms with Crippen molar-refractivity contribution >= 4 is 32.5 Å². The van der Waals surface area contributed by atoms with Crippen LogP contribution in [-0.2, 0) is 23.1 Å². The van der Waals surface area contributed by atoms with Crippen molar-refractivity contribution in [3.63, 3.8) is 0 Å². The fraction of sp³-hybridized carbons (Fsp3) is 0.190. The predicted octanol–water partition coefficient (Wildman–Crippen LogP) is 2.50. The molecule has 4 rings (SSSR count). The summed E-state index contributed by atoms with van der Waals surface area (Å²) in [5, 5.41) is 20.5. The maximum absolute atomic E-state index is 13.5. The first kappa shape index (κ1) is 20.6. The van der Waals surface area contributed by atoms with E-state index in [2.05, 4.69) is 4.98 Å². The van der Waals surface area contributed by atoms with E-state index in [-0.39, 0.29) is 41.2 Å². The van der Waals surface area contributed by atoms with E-state index in [9.17, 15) is 28.0 Å². The zero-order valence-corrected chi connectivity index (χ0v) is 17.4. The smallest absolute Gasteiger partial charge is 0.258 e. The third-order valence-electron chi connectivity index (χ3n) is 5.33. The fourth-order valence-electron chi connectivity index (χ4n) is 3.78. The second-order valence-electron chi connectivity index (χ2n) is 7.26. The highest BCUT2D eigenvalue weighted by molar-refractivity contribution is 7.92. The summed E-state index contributed by atoms with van der Waals surface area (Å²) in [6, 6.07) is 8.85. The Morgan fingerprint density at radius 2 is 2.10 bits per heavy atom.